The third-order valence-electron chi connectivity index (χ3n) is 3.95. The molecule has 1 fully saturated rings. The average Bonchev–Trinajstić information content (AvgIpc) is 2.38. The van der Waals surface area contributed by atoms with Gasteiger partial charge in [-0.25, -0.2) is 4.39 Å². The minimum Gasteiger partial charge on any atom is -0.317 e. The fourth-order valence-corrected chi connectivity index (χ4v) is 2.91. The molecule has 1 aliphatic heterocycles. The van der Waals surface area contributed by atoms with E-state index in [9.17, 15) is 4.39 Å². The molecule has 0 aliphatic carbocycles. The maximum atomic E-state index is 13.4. The van der Waals surface area contributed by atoms with E-state index in [1.54, 1.807) is 6.07 Å². The molecule has 0 radical (unpaired) electrons. The van der Waals surface area contributed by atoms with Crippen LogP contribution in [0, 0.1) is 5.82 Å². The zero-order chi connectivity index (χ0) is 13.1. The van der Waals surface area contributed by atoms with Crippen molar-refractivity contribution in [1.29, 1.82) is 0 Å². The van der Waals surface area contributed by atoms with E-state index in [-0.39, 0.29) is 7.24 Å². The second-order valence-electron chi connectivity index (χ2n) is 5.41. The van der Waals surface area contributed by atoms with Crippen molar-refractivity contribution < 1.29 is 5.82 Å². The van der Waals surface area contributed by atoms with E-state index in [0.717, 1.165) is 18.5 Å². The highest BCUT2D eigenvalue weighted by atomic mass is 19.1. The van der Waals surface area contributed by atoms with Gasteiger partial charge in [-0.05, 0) is 51.4 Å². The predicted octanol–water partition coefficient (Wildman–Crippen LogP) is 3.21. The summed E-state index contributed by atoms with van der Waals surface area (Å²) < 4.78 is 13.4. The molecule has 0 spiro atoms. The Bertz CT molecular complexity index is 397. The van der Waals surface area contributed by atoms with Gasteiger partial charge in [0.1, 0.15) is 5.82 Å². The van der Waals surface area contributed by atoms with Crippen LogP contribution in [0.15, 0.2) is 24.3 Å². The summed E-state index contributed by atoms with van der Waals surface area (Å²) >= 11 is 0. The molecule has 1 saturated heterocycles. The Morgan fingerprint density at radius 2 is 2.22 bits per heavy atom. The van der Waals surface area contributed by atoms with Gasteiger partial charge in [-0.2, -0.15) is 0 Å². The van der Waals surface area contributed by atoms with Crippen molar-refractivity contribution in [3.63, 3.8) is 0 Å². The molecule has 0 saturated carbocycles. The van der Waals surface area contributed by atoms with Crippen LogP contribution in [0.3, 0.4) is 0 Å². The average molecular weight is 252 g/mol. The fourth-order valence-electron chi connectivity index (χ4n) is 2.91. The number of piperidine rings is 1. The number of benzene rings is 1. The summed E-state index contributed by atoms with van der Waals surface area (Å²) in [6.45, 7) is 5.50. The van der Waals surface area contributed by atoms with E-state index >= 15 is 0 Å². The molecule has 1 aromatic rings. The van der Waals surface area contributed by atoms with Crippen molar-refractivity contribution in [1.82, 2.24) is 10.2 Å². The minimum absolute atomic E-state index is 0. The quantitative estimate of drug-likeness (QED) is 0.888. The van der Waals surface area contributed by atoms with Crippen molar-refractivity contribution >= 4 is 0 Å². The first-order valence-corrected chi connectivity index (χ1v) is 6.80. The van der Waals surface area contributed by atoms with E-state index in [4.69, 9.17) is 0 Å². The van der Waals surface area contributed by atoms with Gasteiger partial charge in [-0.3, -0.25) is 4.90 Å². The van der Waals surface area contributed by atoms with Crippen LogP contribution in [0.25, 0.3) is 0 Å². The molecule has 3 heteroatoms. The van der Waals surface area contributed by atoms with Crippen molar-refractivity contribution in [2.75, 3.05) is 13.6 Å². The highest BCUT2D eigenvalue weighted by Gasteiger charge is 2.30. The summed E-state index contributed by atoms with van der Waals surface area (Å²) in [6.07, 6.45) is 2.22. The Balaban J connectivity index is 0.00000180. The van der Waals surface area contributed by atoms with Gasteiger partial charge in [0.15, 0.2) is 0 Å². The lowest BCUT2D eigenvalue weighted by atomic mass is 9.90. The zero-order valence-corrected chi connectivity index (χ0v) is 11.5. The van der Waals surface area contributed by atoms with E-state index in [1.807, 2.05) is 19.2 Å². The Labute approximate surface area is 111 Å². The van der Waals surface area contributed by atoms with E-state index in [0.29, 0.717) is 18.1 Å². The lowest BCUT2D eigenvalue weighted by Crippen LogP contribution is -2.46. The van der Waals surface area contributed by atoms with Gasteiger partial charge in [0, 0.05) is 26.1 Å². The SMILES string of the molecule is CN[C@@H]1CCN(C(C)C)[C@H](c2cccc(F)c2)C1.[HH]. The summed E-state index contributed by atoms with van der Waals surface area (Å²) in [5, 5.41) is 3.36. The highest BCUT2D eigenvalue weighted by Crippen LogP contribution is 2.32. The second-order valence-corrected chi connectivity index (χ2v) is 5.41. The molecule has 0 bridgehead atoms. The number of hydrogen-bond acceptors (Lipinski definition) is 2. The number of hydrogen-bond donors (Lipinski definition) is 1. The minimum atomic E-state index is -0.136. The number of rotatable bonds is 3. The summed E-state index contributed by atoms with van der Waals surface area (Å²) in [6, 6.07) is 8.41. The van der Waals surface area contributed by atoms with E-state index in [1.165, 1.54) is 12.5 Å². The van der Waals surface area contributed by atoms with Gasteiger partial charge in [0.25, 0.3) is 0 Å². The number of halogens is 1. The summed E-state index contributed by atoms with van der Waals surface area (Å²) in [7, 11) is 2.01. The Morgan fingerprint density at radius 1 is 1.44 bits per heavy atom. The van der Waals surface area contributed by atoms with Crippen LogP contribution in [-0.2, 0) is 0 Å². The Kier molecular flexibility index (Phi) is 4.36. The Hall–Kier alpha value is -0.930. The molecular weight excluding hydrogens is 227 g/mol. The molecule has 1 aromatic carbocycles. The lowest BCUT2D eigenvalue weighted by Gasteiger charge is -2.42. The zero-order valence-electron chi connectivity index (χ0n) is 11.5. The highest BCUT2D eigenvalue weighted by molar-refractivity contribution is 5.21. The molecule has 0 unspecified atom stereocenters. The van der Waals surface area contributed by atoms with Crippen molar-refractivity contribution in [2.45, 2.75) is 44.8 Å². The van der Waals surface area contributed by atoms with Crippen molar-refractivity contribution in [2.24, 2.45) is 0 Å². The monoisotopic (exact) mass is 252 g/mol. The van der Waals surface area contributed by atoms with Crippen LogP contribution < -0.4 is 5.32 Å². The first-order valence-electron chi connectivity index (χ1n) is 6.80. The van der Waals surface area contributed by atoms with E-state index in [2.05, 4.69) is 24.1 Å². The lowest BCUT2D eigenvalue weighted by molar-refractivity contribution is 0.0943. The normalized spacial score (nSPS) is 25.6. The molecule has 2 atom stereocenters. The summed E-state index contributed by atoms with van der Waals surface area (Å²) in [5.74, 6) is -0.136. The van der Waals surface area contributed by atoms with Gasteiger partial charge < -0.3 is 5.32 Å². The fraction of sp³-hybridized carbons (Fsp3) is 0.600. The number of nitrogens with one attached hydrogen (secondary N) is 1. The molecule has 1 heterocycles. The molecule has 18 heavy (non-hydrogen) atoms. The standard InChI is InChI=1S/C15H23FN2.H2/c1-11(2)18-8-7-14(17-3)10-15(18)12-5-4-6-13(16)9-12;/h4-6,9,11,14-15,17H,7-8,10H2,1-3H3;1H/t14-,15+;/m1./s1. The Morgan fingerprint density at radius 3 is 2.83 bits per heavy atom. The molecule has 1 N–H and O–H groups in total. The molecular formula is C15H25FN2. The summed E-state index contributed by atoms with van der Waals surface area (Å²) in [4.78, 5) is 2.47. The van der Waals surface area contributed by atoms with Gasteiger partial charge in [-0.1, -0.05) is 12.1 Å². The van der Waals surface area contributed by atoms with Gasteiger partial charge in [-0.15, -0.1) is 0 Å². The van der Waals surface area contributed by atoms with Crippen LogP contribution >= 0.6 is 0 Å². The van der Waals surface area contributed by atoms with Gasteiger partial charge in [0.05, 0.1) is 0 Å². The predicted molar refractivity (Wildman–Crippen MR) is 75.2 cm³/mol. The first-order chi connectivity index (χ1) is 8.61. The van der Waals surface area contributed by atoms with Gasteiger partial charge in [0.2, 0.25) is 0 Å². The largest absolute Gasteiger partial charge is 0.317 e. The number of likely N-dealkylation sites (tertiary alicyclic amines) is 1. The van der Waals surface area contributed by atoms with Crippen LogP contribution in [-0.4, -0.2) is 30.6 Å². The maximum absolute atomic E-state index is 13.4. The number of nitrogens with zero attached hydrogens (tertiary/aromatic N) is 1. The molecule has 102 valence electrons. The molecule has 2 nitrogen and oxygen atoms in total. The van der Waals surface area contributed by atoms with E-state index < -0.39 is 0 Å². The third kappa shape index (κ3) is 2.90. The van der Waals surface area contributed by atoms with Crippen LogP contribution in [0.4, 0.5) is 4.39 Å². The topological polar surface area (TPSA) is 15.3 Å². The summed E-state index contributed by atoms with van der Waals surface area (Å²) in [5.41, 5.74) is 1.10. The van der Waals surface area contributed by atoms with Crippen LogP contribution in [0.5, 0.6) is 0 Å². The van der Waals surface area contributed by atoms with Crippen molar-refractivity contribution in [3.05, 3.63) is 35.6 Å². The molecule has 1 aliphatic rings. The van der Waals surface area contributed by atoms with Crippen LogP contribution in [0.2, 0.25) is 0 Å². The molecule has 2 rings (SSSR count). The van der Waals surface area contributed by atoms with Crippen molar-refractivity contribution in [3.8, 4) is 0 Å². The second kappa shape index (κ2) is 5.81. The first kappa shape index (κ1) is 13.5. The molecule has 0 aromatic heterocycles. The maximum Gasteiger partial charge on any atom is 0.123 e. The smallest absolute Gasteiger partial charge is 0.123 e. The van der Waals surface area contributed by atoms with Crippen LogP contribution in [0.1, 0.15) is 39.7 Å². The third-order valence-corrected chi connectivity index (χ3v) is 3.95. The molecule has 0 amide bonds. The van der Waals surface area contributed by atoms with Gasteiger partial charge >= 0.3 is 0 Å².